The molecule has 3 aromatic rings. The van der Waals surface area contributed by atoms with Crippen molar-refractivity contribution in [3.05, 3.63) is 65.7 Å². The van der Waals surface area contributed by atoms with Crippen molar-refractivity contribution in [3.63, 3.8) is 0 Å². The van der Waals surface area contributed by atoms with Crippen LogP contribution in [0.5, 0.6) is 0 Å². The first-order chi connectivity index (χ1) is 10.3. The summed E-state index contributed by atoms with van der Waals surface area (Å²) in [5.74, 6) is 0.593. The monoisotopic (exact) mass is 279 g/mol. The molecular formula is C17H17N3O. The summed E-state index contributed by atoms with van der Waals surface area (Å²) < 4.78 is 1.75. The Balaban J connectivity index is 1.79. The molecule has 4 nitrogen and oxygen atoms in total. The minimum absolute atomic E-state index is 0.593. The molecule has 2 heterocycles. The molecule has 0 amide bonds. The molecule has 1 aliphatic carbocycles. The first kappa shape index (κ1) is 12.5. The number of aliphatic hydroxyl groups is 1. The molecule has 1 atom stereocenters. The second-order valence-electron chi connectivity index (χ2n) is 5.67. The average Bonchev–Trinajstić information content (AvgIpc) is 2.89. The van der Waals surface area contributed by atoms with Crippen LogP contribution in [0.3, 0.4) is 0 Å². The van der Waals surface area contributed by atoms with E-state index in [2.05, 4.69) is 22.2 Å². The van der Waals surface area contributed by atoms with Crippen LogP contribution in [0.1, 0.15) is 48.0 Å². The normalized spacial score (nSPS) is 16.8. The van der Waals surface area contributed by atoms with E-state index in [-0.39, 0.29) is 0 Å². The number of aromatic nitrogens is 3. The van der Waals surface area contributed by atoms with Crippen LogP contribution < -0.4 is 0 Å². The van der Waals surface area contributed by atoms with Gasteiger partial charge in [-0.1, -0.05) is 30.7 Å². The molecule has 4 heteroatoms. The van der Waals surface area contributed by atoms with E-state index in [0.717, 1.165) is 16.6 Å². The summed E-state index contributed by atoms with van der Waals surface area (Å²) >= 11 is 0. The summed E-state index contributed by atoms with van der Waals surface area (Å²) in [5, 5.41) is 15.1. The molecule has 2 aromatic heterocycles. The van der Waals surface area contributed by atoms with Gasteiger partial charge < -0.3 is 5.11 Å². The highest BCUT2D eigenvalue weighted by Crippen LogP contribution is 2.40. The molecule has 1 aliphatic rings. The van der Waals surface area contributed by atoms with Gasteiger partial charge in [0, 0.05) is 18.0 Å². The van der Waals surface area contributed by atoms with Crippen molar-refractivity contribution >= 4 is 5.52 Å². The molecule has 1 aromatic carbocycles. The second kappa shape index (κ2) is 4.97. The molecule has 106 valence electrons. The van der Waals surface area contributed by atoms with Gasteiger partial charge in [0.15, 0.2) is 0 Å². The molecule has 0 saturated heterocycles. The Bertz CT molecular complexity index is 776. The second-order valence-corrected chi connectivity index (χ2v) is 5.67. The fourth-order valence-corrected chi connectivity index (χ4v) is 3.08. The predicted octanol–water partition coefficient (Wildman–Crippen LogP) is 3.08. The van der Waals surface area contributed by atoms with Crippen LogP contribution in [0.4, 0.5) is 0 Å². The Morgan fingerprint density at radius 2 is 2.00 bits per heavy atom. The van der Waals surface area contributed by atoms with E-state index in [4.69, 9.17) is 0 Å². The summed E-state index contributed by atoms with van der Waals surface area (Å²) in [5.41, 5.74) is 3.95. The van der Waals surface area contributed by atoms with Gasteiger partial charge in [-0.25, -0.2) is 4.52 Å². The number of hydrogen-bond donors (Lipinski definition) is 1. The van der Waals surface area contributed by atoms with Gasteiger partial charge in [-0.05, 0) is 29.9 Å². The Morgan fingerprint density at radius 3 is 2.81 bits per heavy atom. The molecular weight excluding hydrogens is 262 g/mol. The molecule has 1 N–H and O–H groups in total. The highest BCUT2D eigenvalue weighted by Gasteiger charge is 2.26. The van der Waals surface area contributed by atoms with Crippen LogP contribution in [0, 0.1) is 0 Å². The van der Waals surface area contributed by atoms with Gasteiger partial charge in [-0.3, -0.25) is 4.98 Å². The first-order valence-corrected chi connectivity index (χ1v) is 7.39. The van der Waals surface area contributed by atoms with E-state index in [9.17, 15) is 5.11 Å². The Hall–Kier alpha value is -2.20. The molecule has 0 bridgehead atoms. The molecule has 0 spiro atoms. The first-order valence-electron chi connectivity index (χ1n) is 7.39. The topological polar surface area (TPSA) is 50.4 Å². The Labute approximate surface area is 123 Å². The van der Waals surface area contributed by atoms with Crippen LogP contribution in [0.25, 0.3) is 5.52 Å². The van der Waals surface area contributed by atoms with Crippen molar-refractivity contribution in [2.45, 2.75) is 31.3 Å². The quantitative estimate of drug-likeness (QED) is 0.801. The number of hydrogen-bond acceptors (Lipinski definition) is 3. The van der Waals surface area contributed by atoms with Crippen molar-refractivity contribution in [3.8, 4) is 0 Å². The molecule has 1 unspecified atom stereocenters. The van der Waals surface area contributed by atoms with Gasteiger partial charge in [0.2, 0.25) is 0 Å². The molecule has 1 saturated carbocycles. The smallest absolute Gasteiger partial charge is 0.108 e. The van der Waals surface area contributed by atoms with Crippen LogP contribution in [0.15, 0.2) is 49.1 Å². The van der Waals surface area contributed by atoms with Gasteiger partial charge in [-0.2, -0.15) is 5.10 Å². The van der Waals surface area contributed by atoms with Gasteiger partial charge in [-0.15, -0.1) is 0 Å². The molecule has 21 heavy (non-hydrogen) atoms. The molecule has 0 radical (unpaired) electrons. The maximum Gasteiger partial charge on any atom is 0.108 e. The largest absolute Gasteiger partial charge is 0.384 e. The number of benzene rings is 1. The summed E-state index contributed by atoms with van der Waals surface area (Å²) in [6, 6.07) is 8.22. The Kier molecular flexibility index (Phi) is 2.97. The third-order valence-corrected chi connectivity index (χ3v) is 4.48. The number of nitrogens with zero attached hydrogens (tertiary/aromatic N) is 3. The average molecular weight is 279 g/mol. The fraction of sp³-hybridized carbons (Fsp3) is 0.294. The lowest BCUT2D eigenvalue weighted by Crippen LogP contribution is -2.13. The van der Waals surface area contributed by atoms with Gasteiger partial charge >= 0.3 is 0 Å². The summed E-state index contributed by atoms with van der Waals surface area (Å²) in [4.78, 5) is 4.13. The zero-order valence-corrected chi connectivity index (χ0v) is 11.7. The maximum absolute atomic E-state index is 10.8. The minimum atomic E-state index is -0.650. The van der Waals surface area contributed by atoms with E-state index in [1.54, 1.807) is 29.3 Å². The van der Waals surface area contributed by atoms with E-state index in [0.29, 0.717) is 5.92 Å². The number of rotatable bonds is 3. The SMILES string of the molecule is OC(c1ccccc1C1CCC1)c1cnn2ccncc12. The van der Waals surface area contributed by atoms with Crippen LogP contribution >= 0.6 is 0 Å². The lowest BCUT2D eigenvalue weighted by Gasteiger charge is -2.29. The fourth-order valence-electron chi connectivity index (χ4n) is 3.08. The highest BCUT2D eigenvalue weighted by molar-refractivity contribution is 5.55. The minimum Gasteiger partial charge on any atom is -0.384 e. The highest BCUT2D eigenvalue weighted by atomic mass is 16.3. The van der Waals surface area contributed by atoms with Crippen molar-refractivity contribution in [2.75, 3.05) is 0 Å². The summed E-state index contributed by atoms with van der Waals surface area (Å²) in [7, 11) is 0. The van der Waals surface area contributed by atoms with Gasteiger partial charge in [0.25, 0.3) is 0 Å². The Morgan fingerprint density at radius 1 is 1.14 bits per heavy atom. The third-order valence-electron chi connectivity index (χ3n) is 4.48. The number of fused-ring (bicyclic) bond motifs is 1. The van der Waals surface area contributed by atoms with Crippen molar-refractivity contribution in [2.24, 2.45) is 0 Å². The molecule has 1 fully saturated rings. The van der Waals surface area contributed by atoms with E-state index in [1.807, 2.05) is 12.1 Å². The summed E-state index contributed by atoms with van der Waals surface area (Å²) in [6.07, 6.45) is 10.1. The van der Waals surface area contributed by atoms with Crippen molar-refractivity contribution < 1.29 is 5.11 Å². The van der Waals surface area contributed by atoms with Crippen molar-refractivity contribution in [1.29, 1.82) is 0 Å². The zero-order valence-electron chi connectivity index (χ0n) is 11.7. The van der Waals surface area contributed by atoms with Gasteiger partial charge in [0.05, 0.1) is 17.9 Å². The van der Waals surface area contributed by atoms with E-state index < -0.39 is 6.10 Å². The van der Waals surface area contributed by atoms with Crippen molar-refractivity contribution in [1.82, 2.24) is 14.6 Å². The van der Waals surface area contributed by atoms with E-state index in [1.165, 1.54) is 24.8 Å². The van der Waals surface area contributed by atoms with E-state index >= 15 is 0 Å². The lowest BCUT2D eigenvalue weighted by molar-refractivity contribution is 0.218. The standard InChI is InChI=1S/C17H17N3O/c21-17(15-10-19-20-9-8-18-11-16(15)20)14-7-2-1-6-13(14)12-4-3-5-12/h1-2,6-12,17,21H,3-5H2. The zero-order chi connectivity index (χ0) is 14.2. The summed E-state index contributed by atoms with van der Waals surface area (Å²) in [6.45, 7) is 0. The molecule has 4 rings (SSSR count). The number of aliphatic hydroxyl groups excluding tert-OH is 1. The van der Waals surface area contributed by atoms with Crippen LogP contribution in [0.2, 0.25) is 0 Å². The maximum atomic E-state index is 10.8. The van der Waals surface area contributed by atoms with Crippen LogP contribution in [-0.4, -0.2) is 19.7 Å². The van der Waals surface area contributed by atoms with Gasteiger partial charge in [0.1, 0.15) is 6.10 Å². The predicted molar refractivity (Wildman–Crippen MR) is 80.1 cm³/mol. The third kappa shape index (κ3) is 2.03. The van der Waals surface area contributed by atoms with Crippen LogP contribution in [-0.2, 0) is 0 Å². The molecule has 0 aliphatic heterocycles. The lowest BCUT2D eigenvalue weighted by atomic mass is 9.77.